The van der Waals surface area contributed by atoms with Gasteiger partial charge in [0.1, 0.15) is 6.04 Å². The molecule has 0 radical (unpaired) electrons. The molecule has 0 aliphatic carbocycles. The molecular formula is C24H27Cl2N3O2. The Hall–Kier alpha value is -2.08. The number of fused-ring (bicyclic) bond motifs is 1. The molecule has 2 aliphatic rings. The zero-order valence-electron chi connectivity index (χ0n) is 17.6. The highest BCUT2D eigenvalue weighted by Gasteiger charge is 2.37. The number of para-hydroxylation sites is 1. The molecular weight excluding hydrogens is 433 g/mol. The fourth-order valence-electron chi connectivity index (χ4n) is 4.64. The molecule has 0 aromatic heterocycles. The number of amides is 2. The molecule has 0 saturated carbocycles. The van der Waals surface area contributed by atoms with Gasteiger partial charge in [0.2, 0.25) is 11.8 Å². The number of benzene rings is 2. The number of aryl methyl sites for hydroxylation is 1. The predicted molar refractivity (Wildman–Crippen MR) is 125 cm³/mol. The lowest BCUT2D eigenvalue weighted by Gasteiger charge is -2.29. The number of anilines is 1. The van der Waals surface area contributed by atoms with E-state index >= 15 is 0 Å². The smallest absolute Gasteiger partial charge is 0.249 e. The van der Waals surface area contributed by atoms with E-state index in [1.807, 2.05) is 24.3 Å². The summed E-state index contributed by atoms with van der Waals surface area (Å²) in [6.45, 7) is 2.04. The minimum Gasteiger partial charge on any atom is -0.344 e. The lowest BCUT2D eigenvalue weighted by Crippen LogP contribution is -2.47. The van der Waals surface area contributed by atoms with Crippen LogP contribution in [-0.4, -0.2) is 42.9 Å². The van der Waals surface area contributed by atoms with Crippen molar-refractivity contribution in [3.05, 3.63) is 63.6 Å². The molecule has 2 heterocycles. The number of nitrogens with one attached hydrogen (secondary N) is 1. The third-order valence-corrected chi connectivity index (χ3v) is 6.88. The molecule has 7 heteroatoms. The monoisotopic (exact) mass is 459 g/mol. The van der Waals surface area contributed by atoms with Crippen molar-refractivity contribution in [2.45, 2.75) is 44.2 Å². The Morgan fingerprint density at radius 3 is 2.61 bits per heavy atom. The highest BCUT2D eigenvalue weighted by Crippen LogP contribution is 2.38. The molecule has 1 fully saturated rings. The van der Waals surface area contributed by atoms with Crippen LogP contribution in [0.1, 0.15) is 42.9 Å². The van der Waals surface area contributed by atoms with Crippen LogP contribution in [0.2, 0.25) is 10.0 Å². The Labute approximate surface area is 193 Å². The van der Waals surface area contributed by atoms with Crippen molar-refractivity contribution in [1.82, 2.24) is 10.2 Å². The van der Waals surface area contributed by atoms with Crippen molar-refractivity contribution < 1.29 is 9.59 Å². The normalized spacial score (nSPS) is 21.6. The number of likely N-dealkylation sites (tertiary alicyclic amines) is 1. The van der Waals surface area contributed by atoms with Crippen molar-refractivity contribution in [2.24, 2.45) is 0 Å². The Bertz CT molecular complexity index is 975. The van der Waals surface area contributed by atoms with Crippen LogP contribution in [-0.2, 0) is 16.0 Å². The summed E-state index contributed by atoms with van der Waals surface area (Å²) in [4.78, 5) is 30.1. The molecule has 5 nitrogen and oxygen atoms in total. The van der Waals surface area contributed by atoms with Crippen molar-refractivity contribution in [3.8, 4) is 0 Å². The van der Waals surface area contributed by atoms with Gasteiger partial charge in [0.15, 0.2) is 0 Å². The number of halogens is 2. The molecule has 4 rings (SSSR count). The quantitative estimate of drug-likeness (QED) is 0.709. The molecule has 164 valence electrons. The predicted octanol–water partition coefficient (Wildman–Crippen LogP) is 4.61. The average molecular weight is 460 g/mol. The fraction of sp³-hybridized carbons (Fsp3) is 0.417. The third-order valence-electron chi connectivity index (χ3n) is 6.30. The summed E-state index contributed by atoms with van der Waals surface area (Å²) in [5.41, 5.74) is 2.95. The average Bonchev–Trinajstić information content (AvgIpc) is 3.26. The molecule has 2 aromatic carbocycles. The largest absolute Gasteiger partial charge is 0.344 e. The summed E-state index contributed by atoms with van der Waals surface area (Å²) in [7, 11) is 1.79. The van der Waals surface area contributed by atoms with E-state index in [-0.39, 0.29) is 24.3 Å². The SMILES string of the molecule is CN1C(=O)C(NC(=O)CCc2ccc(Cl)cc2Cl)CC(N2CCCC2)c2ccccc21. The van der Waals surface area contributed by atoms with Gasteiger partial charge in [-0.3, -0.25) is 14.5 Å². The summed E-state index contributed by atoms with van der Waals surface area (Å²) >= 11 is 12.2. The van der Waals surface area contributed by atoms with E-state index in [0.29, 0.717) is 22.9 Å². The Balaban J connectivity index is 1.49. The summed E-state index contributed by atoms with van der Waals surface area (Å²) in [5, 5.41) is 4.12. The molecule has 31 heavy (non-hydrogen) atoms. The van der Waals surface area contributed by atoms with Crippen molar-refractivity contribution >= 4 is 40.7 Å². The molecule has 2 aliphatic heterocycles. The van der Waals surface area contributed by atoms with E-state index in [1.54, 1.807) is 24.1 Å². The van der Waals surface area contributed by atoms with E-state index in [2.05, 4.69) is 16.3 Å². The third kappa shape index (κ3) is 4.89. The van der Waals surface area contributed by atoms with Crippen LogP contribution < -0.4 is 10.2 Å². The molecule has 1 saturated heterocycles. The van der Waals surface area contributed by atoms with Gasteiger partial charge < -0.3 is 10.2 Å². The first kappa shape index (κ1) is 22.1. The first-order chi connectivity index (χ1) is 14.9. The van der Waals surface area contributed by atoms with E-state index in [1.165, 1.54) is 12.8 Å². The van der Waals surface area contributed by atoms with Gasteiger partial charge in [-0.1, -0.05) is 47.5 Å². The van der Waals surface area contributed by atoms with Gasteiger partial charge in [-0.05, 0) is 68.1 Å². The summed E-state index contributed by atoms with van der Waals surface area (Å²) in [5.74, 6) is -0.226. The number of hydrogen-bond acceptors (Lipinski definition) is 3. The van der Waals surface area contributed by atoms with Crippen LogP contribution in [0.25, 0.3) is 0 Å². The van der Waals surface area contributed by atoms with Crippen LogP contribution in [0.15, 0.2) is 42.5 Å². The molecule has 2 atom stereocenters. The Kier molecular flexibility index (Phi) is 6.85. The van der Waals surface area contributed by atoms with Gasteiger partial charge in [-0.15, -0.1) is 0 Å². The van der Waals surface area contributed by atoms with Crippen molar-refractivity contribution in [1.29, 1.82) is 0 Å². The topological polar surface area (TPSA) is 52.7 Å². The van der Waals surface area contributed by atoms with E-state index in [9.17, 15) is 9.59 Å². The summed E-state index contributed by atoms with van der Waals surface area (Å²) in [6, 6.07) is 12.9. The zero-order valence-corrected chi connectivity index (χ0v) is 19.1. The van der Waals surface area contributed by atoms with Crippen LogP contribution in [0, 0.1) is 0 Å². The number of nitrogens with zero attached hydrogens (tertiary/aromatic N) is 2. The first-order valence-electron chi connectivity index (χ1n) is 10.8. The van der Waals surface area contributed by atoms with E-state index < -0.39 is 6.04 Å². The Morgan fingerprint density at radius 2 is 1.87 bits per heavy atom. The standard InChI is InChI=1S/C24H27Cl2N3O2/c1-28-21-7-3-2-6-18(21)22(29-12-4-5-13-29)15-20(24(28)31)27-23(30)11-9-16-8-10-17(25)14-19(16)26/h2-3,6-8,10,14,20,22H,4-5,9,11-13,15H2,1H3,(H,27,30). The minimum atomic E-state index is -0.559. The second kappa shape index (κ2) is 9.60. The maximum absolute atomic E-state index is 13.2. The number of rotatable bonds is 5. The second-order valence-corrected chi connectivity index (χ2v) is 9.15. The molecule has 2 unspecified atom stereocenters. The fourth-order valence-corrected chi connectivity index (χ4v) is 5.14. The number of likely N-dealkylation sites (N-methyl/N-ethyl adjacent to an activating group) is 1. The van der Waals surface area contributed by atoms with Gasteiger partial charge in [-0.2, -0.15) is 0 Å². The van der Waals surface area contributed by atoms with Crippen molar-refractivity contribution in [2.75, 3.05) is 25.0 Å². The highest BCUT2D eigenvalue weighted by atomic mass is 35.5. The molecule has 0 bridgehead atoms. The van der Waals surface area contributed by atoms with Crippen molar-refractivity contribution in [3.63, 3.8) is 0 Å². The second-order valence-electron chi connectivity index (χ2n) is 8.31. The summed E-state index contributed by atoms with van der Waals surface area (Å²) < 4.78 is 0. The lowest BCUT2D eigenvalue weighted by molar-refractivity contribution is -0.127. The number of hydrogen-bond donors (Lipinski definition) is 1. The highest BCUT2D eigenvalue weighted by molar-refractivity contribution is 6.35. The zero-order chi connectivity index (χ0) is 22.0. The van der Waals surface area contributed by atoms with Gasteiger partial charge in [0.05, 0.1) is 0 Å². The Morgan fingerprint density at radius 1 is 1.13 bits per heavy atom. The maximum atomic E-state index is 13.2. The van der Waals surface area contributed by atoms with Crippen LogP contribution in [0.3, 0.4) is 0 Å². The van der Waals surface area contributed by atoms with Gasteiger partial charge in [-0.25, -0.2) is 0 Å². The van der Waals surface area contributed by atoms with Gasteiger partial charge >= 0.3 is 0 Å². The maximum Gasteiger partial charge on any atom is 0.249 e. The number of carbonyl (C=O) groups is 2. The van der Waals surface area contributed by atoms with Crippen LogP contribution in [0.5, 0.6) is 0 Å². The first-order valence-corrected chi connectivity index (χ1v) is 11.5. The molecule has 2 aromatic rings. The number of carbonyl (C=O) groups excluding carboxylic acids is 2. The molecule has 0 spiro atoms. The van der Waals surface area contributed by atoms with E-state index in [0.717, 1.165) is 29.9 Å². The van der Waals surface area contributed by atoms with Gasteiger partial charge in [0, 0.05) is 35.2 Å². The lowest BCUT2D eigenvalue weighted by atomic mass is 9.98. The van der Waals surface area contributed by atoms with Gasteiger partial charge in [0.25, 0.3) is 0 Å². The minimum absolute atomic E-state index is 0.0768. The van der Waals surface area contributed by atoms with Crippen LogP contribution in [0.4, 0.5) is 5.69 Å². The molecule has 2 amide bonds. The molecule has 1 N–H and O–H groups in total. The van der Waals surface area contributed by atoms with Crippen LogP contribution >= 0.6 is 23.2 Å². The van der Waals surface area contributed by atoms with E-state index in [4.69, 9.17) is 23.2 Å². The summed E-state index contributed by atoms with van der Waals surface area (Å²) in [6.07, 6.45) is 3.67.